The highest BCUT2D eigenvalue weighted by Gasteiger charge is 2.35. The van der Waals surface area contributed by atoms with Crippen LogP contribution in [0.25, 0.3) is 0 Å². The Bertz CT molecular complexity index is 492. The Morgan fingerprint density at radius 3 is 2.90 bits per heavy atom. The van der Waals surface area contributed by atoms with Crippen molar-refractivity contribution in [1.29, 1.82) is 0 Å². The van der Waals surface area contributed by atoms with Crippen LogP contribution in [0.15, 0.2) is 22.8 Å². The predicted octanol–water partition coefficient (Wildman–Crippen LogP) is 1.65. The smallest absolute Gasteiger partial charge is 0.224 e. The van der Waals surface area contributed by atoms with Gasteiger partial charge in [-0.25, -0.2) is 0 Å². The molecule has 2 rings (SSSR count). The summed E-state index contributed by atoms with van der Waals surface area (Å²) in [5.74, 6) is -0.0267. The number of amides is 1. The quantitative estimate of drug-likeness (QED) is 0.891. The minimum absolute atomic E-state index is 0.0267. The maximum absolute atomic E-state index is 11.8. The van der Waals surface area contributed by atoms with Gasteiger partial charge in [0.2, 0.25) is 5.91 Å². The molecule has 0 saturated carbocycles. The maximum Gasteiger partial charge on any atom is 0.224 e. The van der Waals surface area contributed by atoms with Crippen LogP contribution in [0, 0.1) is 0 Å². The standard InChI is InChI=1S/C15H22BrN3O2/c1-18(2)14(20)8-15(21)6-3-7-19(11-15)10-13-5-4-12(16)9-17-13/h4-5,9,21H,3,6-8,10-11H2,1-2H3. The largest absolute Gasteiger partial charge is 0.388 e. The van der Waals surface area contributed by atoms with Crippen LogP contribution in [0.3, 0.4) is 0 Å². The molecule has 2 heterocycles. The number of aromatic nitrogens is 1. The molecule has 1 unspecified atom stereocenters. The summed E-state index contributed by atoms with van der Waals surface area (Å²) in [7, 11) is 3.44. The summed E-state index contributed by atoms with van der Waals surface area (Å²) >= 11 is 3.37. The van der Waals surface area contributed by atoms with Gasteiger partial charge >= 0.3 is 0 Å². The molecule has 1 amide bonds. The first-order chi connectivity index (χ1) is 9.88. The van der Waals surface area contributed by atoms with Gasteiger partial charge in [-0.2, -0.15) is 0 Å². The SMILES string of the molecule is CN(C)C(=O)CC1(O)CCCN(Cc2ccc(Br)cn2)C1. The number of hydrogen-bond donors (Lipinski definition) is 1. The van der Waals surface area contributed by atoms with Gasteiger partial charge in [-0.15, -0.1) is 0 Å². The zero-order valence-electron chi connectivity index (χ0n) is 12.5. The highest BCUT2D eigenvalue weighted by molar-refractivity contribution is 9.10. The van der Waals surface area contributed by atoms with Crippen molar-refractivity contribution in [1.82, 2.24) is 14.8 Å². The van der Waals surface area contributed by atoms with Crippen LogP contribution in [0.2, 0.25) is 0 Å². The van der Waals surface area contributed by atoms with Crippen molar-refractivity contribution in [2.75, 3.05) is 27.2 Å². The number of β-amino-alcohol motifs (C(OH)–C–C–N with tert-alkyl or cyclic N) is 1. The molecule has 116 valence electrons. The summed E-state index contributed by atoms with van der Waals surface area (Å²) in [4.78, 5) is 19.9. The Labute approximate surface area is 134 Å². The van der Waals surface area contributed by atoms with Gasteiger partial charge in [0.1, 0.15) is 0 Å². The van der Waals surface area contributed by atoms with Gasteiger partial charge in [-0.05, 0) is 47.4 Å². The molecule has 5 nitrogen and oxygen atoms in total. The monoisotopic (exact) mass is 355 g/mol. The van der Waals surface area contributed by atoms with E-state index in [0.717, 1.165) is 23.1 Å². The molecule has 21 heavy (non-hydrogen) atoms. The molecule has 1 aromatic rings. The molecule has 1 aliphatic rings. The second kappa shape index (κ2) is 6.85. The van der Waals surface area contributed by atoms with Crippen molar-refractivity contribution < 1.29 is 9.90 Å². The van der Waals surface area contributed by atoms with Gasteiger partial charge in [-0.3, -0.25) is 14.7 Å². The third kappa shape index (κ3) is 4.76. The molecule has 0 radical (unpaired) electrons. The number of rotatable bonds is 4. The lowest BCUT2D eigenvalue weighted by Crippen LogP contribution is -2.50. The normalized spacial score (nSPS) is 23.0. The molecule has 0 aromatic carbocycles. The van der Waals surface area contributed by atoms with Crippen molar-refractivity contribution in [3.63, 3.8) is 0 Å². The summed E-state index contributed by atoms with van der Waals surface area (Å²) in [5, 5.41) is 10.7. The first kappa shape index (κ1) is 16.4. The molecule has 0 bridgehead atoms. The molecular formula is C15H22BrN3O2. The Hall–Kier alpha value is -0.980. The predicted molar refractivity (Wildman–Crippen MR) is 84.7 cm³/mol. The molecule has 0 spiro atoms. The highest BCUT2D eigenvalue weighted by atomic mass is 79.9. The minimum atomic E-state index is -0.922. The summed E-state index contributed by atoms with van der Waals surface area (Å²) in [6.45, 7) is 2.15. The fourth-order valence-electron chi connectivity index (χ4n) is 2.65. The van der Waals surface area contributed by atoms with E-state index in [0.29, 0.717) is 19.5 Å². The van der Waals surface area contributed by atoms with E-state index in [1.807, 2.05) is 12.1 Å². The number of aliphatic hydroxyl groups is 1. The third-order valence-electron chi connectivity index (χ3n) is 3.79. The summed E-state index contributed by atoms with van der Waals surface area (Å²) < 4.78 is 0.956. The van der Waals surface area contributed by atoms with Crippen LogP contribution in [0.1, 0.15) is 25.0 Å². The van der Waals surface area contributed by atoms with Gasteiger partial charge in [0.15, 0.2) is 0 Å². The van der Waals surface area contributed by atoms with Gasteiger partial charge in [0.25, 0.3) is 0 Å². The van der Waals surface area contributed by atoms with Crippen LogP contribution in [-0.2, 0) is 11.3 Å². The lowest BCUT2D eigenvalue weighted by atomic mass is 9.89. The van der Waals surface area contributed by atoms with Crippen molar-refractivity contribution in [3.05, 3.63) is 28.5 Å². The average molecular weight is 356 g/mol. The molecule has 1 aromatic heterocycles. The van der Waals surface area contributed by atoms with Crippen molar-refractivity contribution in [2.24, 2.45) is 0 Å². The number of pyridine rings is 1. The molecule has 1 saturated heterocycles. The van der Waals surface area contributed by atoms with E-state index in [1.54, 1.807) is 20.3 Å². The number of carbonyl (C=O) groups excluding carboxylic acids is 1. The maximum atomic E-state index is 11.8. The van der Waals surface area contributed by atoms with E-state index < -0.39 is 5.60 Å². The lowest BCUT2D eigenvalue weighted by molar-refractivity contribution is -0.136. The van der Waals surface area contributed by atoms with Crippen molar-refractivity contribution in [2.45, 2.75) is 31.4 Å². The number of nitrogens with zero attached hydrogens (tertiary/aromatic N) is 3. The van der Waals surface area contributed by atoms with Crippen LogP contribution < -0.4 is 0 Å². The second-order valence-electron chi connectivity index (χ2n) is 5.97. The molecule has 1 fully saturated rings. The van der Waals surface area contributed by atoms with Gasteiger partial charge in [0, 0.05) is 37.9 Å². The van der Waals surface area contributed by atoms with E-state index in [1.165, 1.54) is 4.90 Å². The topological polar surface area (TPSA) is 56.7 Å². The fraction of sp³-hybridized carbons (Fsp3) is 0.600. The fourth-order valence-corrected chi connectivity index (χ4v) is 2.89. The van der Waals surface area contributed by atoms with E-state index in [2.05, 4.69) is 25.8 Å². The number of hydrogen-bond acceptors (Lipinski definition) is 4. The van der Waals surface area contributed by atoms with Crippen LogP contribution >= 0.6 is 15.9 Å². The first-order valence-corrected chi connectivity index (χ1v) is 7.93. The zero-order valence-corrected chi connectivity index (χ0v) is 14.1. The Morgan fingerprint density at radius 2 is 2.29 bits per heavy atom. The highest BCUT2D eigenvalue weighted by Crippen LogP contribution is 2.26. The van der Waals surface area contributed by atoms with Gasteiger partial charge in [-0.1, -0.05) is 0 Å². The summed E-state index contributed by atoms with van der Waals surface area (Å²) in [6, 6.07) is 3.94. The molecule has 6 heteroatoms. The van der Waals surface area contributed by atoms with Crippen LogP contribution in [-0.4, -0.2) is 58.6 Å². The van der Waals surface area contributed by atoms with Gasteiger partial charge < -0.3 is 10.0 Å². The van der Waals surface area contributed by atoms with Crippen LogP contribution in [0.4, 0.5) is 0 Å². The van der Waals surface area contributed by atoms with E-state index in [-0.39, 0.29) is 12.3 Å². The number of halogens is 1. The minimum Gasteiger partial charge on any atom is -0.388 e. The number of piperidine rings is 1. The van der Waals surface area contributed by atoms with Gasteiger partial charge in [0.05, 0.1) is 17.7 Å². The molecule has 1 N–H and O–H groups in total. The number of carbonyl (C=O) groups is 1. The third-order valence-corrected chi connectivity index (χ3v) is 4.26. The Morgan fingerprint density at radius 1 is 1.52 bits per heavy atom. The number of likely N-dealkylation sites (tertiary alicyclic amines) is 1. The molecular weight excluding hydrogens is 334 g/mol. The molecule has 1 atom stereocenters. The van der Waals surface area contributed by atoms with E-state index in [4.69, 9.17) is 0 Å². The van der Waals surface area contributed by atoms with Crippen molar-refractivity contribution in [3.8, 4) is 0 Å². The van der Waals surface area contributed by atoms with Crippen LogP contribution in [0.5, 0.6) is 0 Å². The summed E-state index contributed by atoms with van der Waals surface area (Å²) in [6.07, 6.45) is 3.54. The molecule has 0 aliphatic carbocycles. The molecule has 1 aliphatic heterocycles. The summed E-state index contributed by atoms with van der Waals surface area (Å²) in [5.41, 5.74) is 0.0518. The van der Waals surface area contributed by atoms with E-state index in [9.17, 15) is 9.90 Å². The Kier molecular flexibility index (Phi) is 5.35. The average Bonchev–Trinajstić information content (AvgIpc) is 2.41. The zero-order chi connectivity index (χ0) is 15.5. The second-order valence-corrected chi connectivity index (χ2v) is 6.89. The Balaban J connectivity index is 1.96. The van der Waals surface area contributed by atoms with Crippen molar-refractivity contribution >= 4 is 21.8 Å². The van der Waals surface area contributed by atoms with E-state index >= 15 is 0 Å². The lowest BCUT2D eigenvalue weighted by Gasteiger charge is -2.39. The first-order valence-electron chi connectivity index (χ1n) is 7.13.